The van der Waals surface area contributed by atoms with Gasteiger partial charge in [-0.25, -0.2) is 4.98 Å². The Balaban J connectivity index is 1.11. The smallest absolute Gasteiger partial charge is 0.269 e. The van der Waals surface area contributed by atoms with Gasteiger partial charge in [0.25, 0.3) is 6.33 Å². The number of nitrogens with zero attached hydrogens (tertiary/aromatic N) is 4. The van der Waals surface area contributed by atoms with E-state index in [1.807, 2.05) is 36.4 Å². The first-order valence-electron chi connectivity index (χ1n) is 41.9. The fraction of sp³-hybridized carbons (Fsp3) is 0.111. The molecule has 14 aromatic rings. The second-order valence-corrected chi connectivity index (χ2v) is 26.5. The molecule has 14 rings (SSSR count). The molecule has 0 N–H and O–H groups in total. The highest BCUT2D eigenvalue weighted by atomic mass is 28.3. The van der Waals surface area contributed by atoms with Gasteiger partial charge in [-0.3, -0.25) is 13.7 Å². The van der Waals surface area contributed by atoms with Crippen molar-refractivity contribution in [3.05, 3.63) is 308 Å². The molecule has 0 atom stereocenters. The van der Waals surface area contributed by atoms with Crippen LogP contribution in [-0.4, -0.2) is 22.2 Å². The van der Waals surface area contributed by atoms with Gasteiger partial charge in [0.05, 0.1) is 67.7 Å². The molecule has 3 aromatic heterocycles. The van der Waals surface area contributed by atoms with Crippen LogP contribution in [0.15, 0.2) is 285 Å². The summed E-state index contributed by atoms with van der Waals surface area (Å²) in [7, 11) is -6.27. The number of aryl methyl sites for hydroxylation is 1. The van der Waals surface area contributed by atoms with Crippen molar-refractivity contribution in [1.29, 1.82) is 0 Å². The van der Waals surface area contributed by atoms with E-state index in [1.165, 1.54) is 29.0 Å². The Morgan fingerprint density at radius 1 is 0.483 bits per heavy atom. The molecule has 87 heavy (non-hydrogen) atoms. The maximum absolute atomic E-state index is 10.2. The van der Waals surface area contributed by atoms with Gasteiger partial charge in [-0.05, 0) is 131 Å². The Morgan fingerprint density at radius 3 is 1.68 bits per heavy atom. The van der Waals surface area contributed by atoms with Crippen molar-refractivity contribution in [3.8, 4) is 62.1 Å². The largest absolute Gasteiger partial charge is 0.458 e. The predicted molar refractivity (Wildman–Crippen MR) is 364 cm³/mol. The molecule has 0 saturated heterocycles. The summed E-state index contributed by atoms with van der Waals surface area (Å²) < 4.78 is 273. The van der Waals surface area contributed by atoms with Crippen LogP contribution in [0.1, 0.15) is 96.6 Å². The molecule has 422 valence electrons. The highest BCUT2D eigenvalue weighted by Crippen LogP contribution is 2.39. The highest BCUT2D eigenvalue weighted by Gasteiger charge is 2.45. The molecule has 0 bridgehead atoms. The number of pyridine rings is 1. The number of ether oxygens (including phenoxy) is 1. The molecule has 0 aliphatic heterocycles. The number of rotatable bonds is 12. The van der Waals surface area contributed by atoms with Crippen molar-refractivity contribution >= 4 is 61.7 Å². The van der Waals surface area contributed by atoms with Gasteiger partial charge in [-0.15, -0.1) is 0 Å². The van der Waals surface area contributed by atoms with E-state index in [0.29, 0.717) is 32.9 Å². The van der Waals surface area contributed by atoms with Crippen LogP contribution in [0.4, 0.5) is 0 Å². The minimum atomic E-state index is -6.27. The molecule has 0 aliphatic carbocycles. The molecular weight excluding hydrogens is 1070 g/mol. The molecule has 0 fully saturated rings. The van der Waals surface area contributed by atoms with Gasteiger partial charge in [0.2, 0.25) is 0 Å². The Kier molecular flexibility index (Phi) is 8.07. The highest BCUT2D eigenvalue weighted by molar-refractivity contribution is 7.20. The van der Waals surface area contributed by atoms with Crippen molar-refractivity contribution in [2.45, 2.75) is 59.2 Å². The average Bonchev–Trinajstić information content (AvgIpc) is 1.41. The summed E-state index contributed by atoms with van der Waals surface area (Å²) in [6.45, 7) is 8.44. The SMILES string of the molecule is [2H]c1c([2H])c([2H])c(-c2cnc(-n3c4ccccc4c4ccc(Oc5cccc(-n6[c-][n+](-c7c(-c8c([2H])c([2H])c([2H])c([2H])c8[2H])cc(C(C)(C)C)cc7[Si](c7c([2H])c([2H])c([2H])c([2H])c7[2H])(c7c([2H])c([2H])c([2H])c([2H])c7[2H])c7c([2H])c([2H])c([2H])c([2H])c7[2H])c7ccc(-c8ccc(C(C)(C)C)cc8)cc76)c5)cc43)cc2C([2H])([2H])[2H])c([2H])c1[2H]. The standard InChI is InChI=1S/C81H68N4OSi/c1-56-48-78(82-54-72(56)59-28-15-9-16-29-59)85-73-39-24-23-38-69(73)70-46-45-65(53-75(70)85)86-64-31-25-30-63(52-64)83-55-84(74-47-42-60(49-76(74)83)57-40-43-61(44-41-57)80(2,3)4)79-71(58-26-13-8-14-27-58)50-62(81(5,6)7)51-77(79)87(66-32-17-10-18-33-66,67-34-19-11-20-35-67)68-36-21-12-22-37-68/h8-54H,1-7H3/i1D3,8D,9D,10D,11D,12D,13D,14D,15D,16D,17D,18D,19D,20D,21D,22D,26D,27D,28D,29D,32D,33D,34D,35D,36D,37D. The average molecular weight is 1170 g/mol. The third-order valence-corrected chi connectivity index (χ3v) is 19.8. The third-order valence-electron chi connectivity index (χ3n) is 15.6. The van der Waals surface area contributed by atoms with E-state index in [0.717, 1.165) is 5.56 Å². The summed E-state index contributed by atoms with van der Waals surface area (Å²) in [6.07, 6.45) is 4.66. The number of benzene rings is 11. The van der Waals surface area contributed by atoms with Crippen LogP contribution in [0.25, 0.3) is 83.4 Å². The van der Waals surface area contributed by atoms with E-state index in [9.17, 15) is 21.9 Å². The Hall–Kier alpha value is -10.1. The Labute approximate surface area is 551 Å². The topological polar surface area (TPSA) is 35.9 Å². The van der Waals surface area contributed by atoms with Crippen molar-refractivity contribution in [2.24, 2.45) is 0 Å². The fourth-order valence-electron chi connectivity index (χ4n) is 11.3. The lowest BCUT2D eigenvalue weighted by atomic mass is 9.84. The van der Waals surface area contributed by atoms with Crippen LogP contribution in [0.2, 0.25) is 0 Å². The number of imidazole rings is 1. The van der Waals surface area contributed by atoms with E-state index in [-0.39, 0.29) is 73.0 Å². The number of hydrogen-bond acceptors (Lipinski definition) is 2. The number of hydrogen-bond donors (Lipinski definition) is 0. The molecule has 11 aromatic carbocycles. The normalized spacial score (nSPS) is 16.8. The zero-order valence-corrected chi connectivity index (χ0v) is 48.9. The molecule has 0 amide bonds. The summed E-state index contributed by atoms with van der Waals surface area (Å²) >= 11 is 0. The zero-order chi connectivity index (χ0) is 83.7. The van der Waals surface area contributed by atoms with Crippen molar-refractivity contribution in [1.82, 2.24) is 14.1 Å². The summed E-state index contributed by atoms with van der Waals surface area (Å²) in [5.74, 6) is 0.478. The Bertz CT molecular complexity index is 6220. The molecular formula is C81H68N4OSi. The maximum atomic E-state index is 10.2. The quantitative estimate of drug-likeness (QED) is 0.0529. The fourth-order valence-corrected chi connectivity index (χ4v) is 15.3. The lowest BCUT2D eigenvalue weighted by Gasteiger charge is -2.38. The lowest BCUT2D eigenvalue weighted by molar-refractivity contribution is -0.570. The predicted octanol–water partition coefficient (Wildman–Crippen LogP) is 17.3. The molecule has 5 nitrogen and oxygen atoms in total. The van der Waals surface area contributed by atoms with Crippen LogP contribution in [0.3, 0.4) is 0 Å². The van der Waals surface area contributed by atoms with Gasteiger partial charge in [0, 0.05) is 32.7 Å². The maximum Gasteiger partial charge on any atom is 0.269 e. The first kappa shape index (κ1) is 31.8. The summed E-state index contributed by atoms with van der Waals surface area (Å²) in [6, 6.07) is 13.4. The molecule has 6 heteroatoms. The minimum absolute atomic E-state index is 0.0845. The lowest BCUT2D eigenvalue weighted by Crippen LogP contribution is -2.76. The van der Waals surface area contributed by atoms with Crippen LogP contribution in [0, 0.1) is 13.2 Å². The molecule has 3 heterocycles. The molecule has 0 spiro atoms. The van der Waals surface area contributed by atoms with E-state index >= 15 is 0 Å². The first-order chi connectivity index (χ1) is 53.9. The van der Waals surface area contributed by atoms with Crippen LogP contribution < -0.4 is 30.1 Å². The molecule has 0 aliphatic rings. The first-order valence-corrected chi connectivity index (χ1v) is 29.9. The molecule has 0 unspecified atom stereocenters. The van der Waals surface area contributed by atoms with Crippen LogP contribution in [0.5, 0.6) is 11.5 Å². The van der Waals surface area contributed by atoms with Gasteiger partial charge in [0.15, 0.2) is 8.07 Å². The summed E-state index contributed by atoms with van der Waals surface area (Å²) in [5.41, 5.74) is 0.581. The number of fused-ring (bicyclic) bond motifs is 4. The summed E-state index contributed by atoms with van der Waals surface area (Å²) in [4.78, 5) is 4.73. The molecule has 0 saturated carbocycles. The van der Waals surface area contributed by atoms with Gasteiger partial charge in [-0.2, -0.15) is 0 Å². The van der Waals surface area contributed by atoms with Crippen molar-refractivity contribution in [3.63, 3.8) is 0 Å². The van der Waals surface area contributed by atoms with E-state index in [2.05, 4.69) is 27.1 Å². The van der Waals surface area contributed by atoms with Crippen LogP contribution in [-0.2, 0) is 10.8 Å². The zero-order valence-electron chi connectivity index (χ0n) is 75.9. The van der Waals surface area contributed by atoms with Crippen LogP contribution >= 0.6 is 0 Å². The van der Waals surface area contributed by atoms with E-state index < -0.39 is 198 Å². The number of para-hydroxylation sites is 1. The van der Waals surface area contributed by atoms with Gasteiger partial charge in [0.1, 0.15) is 17.3 Å². The number of aromatic nitrogens is 4. The minimum Gasteiger partial charge on any atom is -0.458 e. The monoisotopic (exact) mass is 1170 g/mol. The summed E-state index contributed by atoms with van der Waals surface area (Å²) in [5, 5.41) is -1.62. The second-order valence-electron chi connectivity index (χ2n) is 22.9. The third kappa shape index (κ3) is 9.96. The Morgan fingerprint density at radius 2 is 1.06 bits per heavy atom. The molecule has 0 radical (unpaired) electrons. The van der Waals surface area contributed by atoms with E-state index in [4.69, 9.17) is 26.2 Å². The van der Waals surface area contributed by atoms with E-state index in [1.54, 1.807) is 103 Å². The van der Waals surface area contributed by atoms with Gasteiger partial charge < -0.3 is 4.74 Å². The van der Waals surface area contributed by atoms with Crippen molar-refractivity contribution < 1.29 is 47.7 Å². The second kappa shape index (κ2) is 22.0. The van der Waals surface area contributed by atoms with Crippen molar-refractivity contribution in [2.75, 3.05) is 0 Å². The van der Waals surface area contributed by atoms with Gasteiger partial charge in [-0.1, -0.05) is 265 Å². The van der Waals surface area contributed by atoms with Gasteiger partial charge >= 0.3 is 0 Å².